The molecule has 0 saturated carbocycles. The maximum atomic E-state index is 13.2. The van der Waals surface area contributed by atoms with Crippen LogP contribution in [0, 0.1) is 0 Å². The van der Waals surface area contributed by atoms with Crippen molar-refractivity contribution < 1.29 is 14.4 Å². The Bertz CT molecular complexity index is 1140. The number of oxime groups is 1. The minimum atomic E-state index is -1.01. The molecule has 2 aliphatic rings. The molecule has 1 N–H and O–H groups in total. The molecule has 1 unspecified atom stereocenters. The third-order valence-corrected chi connectivity index (χ3v) is 6.14. The second-order valence-electron chi connectivity index (χ2n) is 8.62. The molecule has 32 heavy (non-hydrogen) atoms. The lowest BCUT2D eigenvalue weighted by Crippen LogP contribution is -2.49. The summed E-state index contributed by atoms with van der Waals surface area (Å²) in [6.07, 6.45) is 3.35. The van der Waals surface area contributed by atoms with E-state index >= 15 is 0 Å². The molecule has 0 spiro atoms. The van der Waals surface area contributed by atoms with Crippen LogP contribution < -0.4 is 10.9 Å². The van der Waals surface area contributed by atoms with Gasteiger partial charge >= 0.3 is 0 Å². The molecular formula is C24H28N4O4. The highest BCUT2D eigenvalue weighted by atomic mass is 16.7. The van der Waals surface area contributed by atoms with E-state index in [9.17, 15) is 14.4 Å². The van der Waals surface area contributed by atoms with Crippen molar-refractivity contribution >= 4 is 17.5 Å². The lowest BCUT2D eigenvalue weighted by Gasteiger charge is -2.34. The van der Waals surface area contributed by atoms with E-state index in [4.69, 9.17) is 4.84 Å². The molecule has 1 aromatic heterocycles. The van der Waals surface area contributed by atoms with Crippen LogP contribution in [-0.4, -0.2) is 46.2 Å². The first-order chi connectivity index (χ1) is 15.3. The van der Waals surface area contributed by atoms with Crippen molar-refractivity contribution in [3.05, 3.63) is 69.1 Å². The second-order valence-corrected chi connectivity index (χ2v) is 8.62. The number of benzene rings is 1. The molecule has 0 saturated heterocycles. The van der Waals surface area contributed by atoms with Crippen LogP contribution in [0.3, 0.4) is 0 Å². The van der Waals surface area contributed by atoms with E-state index in [0.29, 0.717) is 38.9 Å². The number of carbonyl (C=O) groups excluding carboxylic acids is 2. The molecule has 1 atom stereocenters. The molecule has 168 valence electrons. The van der Waals surface area contributed by atoms with Crippen LogP contribution in [-0.2, 0) is 35.6 Å². The summed E-state index contributed by atoms with van der Waals surface area (Å²) in [5, 5.41) is 6.54. The van der Waals surface area contributed by atoms with Crippen LogP contribution in [0.2, 0.25) is 0 Å². The van der Waals surface area contributed by atoms with E-state index < -0.39 is 11.5 Å². The summed E-state index contributed by atoms with van der Waals surface area (Å²) in [6.45, 7) is 4.78. The first kappa shape index (κ1) is 21.8. The highest BCUT2D eigenvalue weighted by Gasteiger charge is 2.44. The van der Waals surface area contributed by atoms with Gasteiger partial charge in [-0.05, 0) is 43.4 Å². The lowest BCUT2D eigenvalue weighted by molar-refractivity contribution is -0.154. The molecule has 2 aromatic rings. The van der Waals surface area contributed by atoms with Crippen LogP contribution in [0.4, 0.5) is 0 Å². The fraction of sp³-hybridized carbons (Fsp3) is 0.417. The van der Waals surface area contributed by atoms with Gasteiger partial charge in [0, 0.05) is 39.3 Å². The third-order valence-electron chi connectivity index (χ3n) is 6.14. The zero-order valence-corrected chi connectivity index (χ0v) is 18.7. The molecule has 0 radical (unpaired) electrons. The van der Waals surface area contributed by atoms with Crippen LogP contribution in [0.25, 0.3) is 0 Å². The van der Waals surface area contributed by atoms with E-state index in [0.717, 1.165) is 22.4 Å². The number of nitrogens with one attached hydrogen (secondary N) is 1. The highest BCUT2D eigenvalue weighted by Crippen LogP contribution is 2.29. The Kier molecular flexibility index (Phi) is 5.86. The molecule has 2 aliphatic heterocycles. The number of fused-ring (bicyclic) bond motifs is 1. The molecule has 1 aromatic carbocycles. The van der Waals surface area contributed by atoms with Gasteiger partial charge in [-0.1, -0.05) is 35.5 Å². The Morgan fingerprint density at radius 1 is 1.25 bits per heavy atom. The third kappa shape index (κ3) is 4.04. The summed E-state index contributed by atoms with van der Waals surface area (Å²) in [6, 6.07) is 9.89. The van der Waals surface area contributed by atoms with Crippen molar-refractivity contribution in [1.82, 2.24) is 14.8 Å². The standard InChI is InChI=1S/C24H28N4O4/c1-16-13-24(2,32-26-16)23(31)28-12-10-19-18(15-28)14-27(22(30)20(19)21(29)25-3)11-9-17-7-5-4-6-8-17/h4-8,14H,9-13,15H2,1-3H3,(H,25,29). The molecule has 3 heterocycles. The Labute approximate surface area is 186 Å². The molecule has 2 amide bonds. The van der Waals surface area contributed by atoms with Gasteiger partial charge in [-0.25, -0.2) is 0 Å². The second kappa shape index (κ2) is 8.61. The monoisotopic (exact) mass is 436 g/mol. The lowest BCUT2D eigenvalue weighted by atomic mass is 9.93. The SMILES string of the molecule is CNC(=O)c1c2c(cn(CCc3ccccc3)c1=O)CN(C(=O)C1(C)CC(C)=NO1)CC2. The van der Waals surface area contributed by atoms with Crippen LogP contribution in [0.1, 0.15) is 47.3 Å². The molecule has 0 fully saturated rings. The summed E-state index contributed by atoms with van der Waals surface area (Å²) in [4.78, 5) is 46.1. The van der Waals surface area contributed by atoms with Gasteiger partial charge in [0.2, 0.25) is 5.60 Å². The van der Waals surface area contributed by atoms with Gasteiger partial charge < -0.3 is 19.6 Å². The molecular weight excluding hydrogens is 408 g/mol. The first-order valence-corrected chi connectivity index (χ1v) is 10.8. The van der Waals surface area contributed by atoms with Gasteiger partial charge in [-0.3, -0.25) is 14.4 Å². The summed E-state index contributed by atoms with van der Waals surface area (Å²) < 4.78 is 1.59. The fourth-order valence-corrected chi connectivity index (χ4v) is 4.48. The van der Waals surface area contributed by atoms with Crippen molar-refractivity contribution in [2.24, 2.45) is 5.16 Å². The Morgan fingerprint density at radius 2 is 2.00 bits per heavy atom. The van der Waals surface area contributed by atoms with E-state index in [1.807, 2.05) is 37.3 Å². The first-order valence-electron chi connectivity index (χ1n) is 10.8. The topological polar surface area (TPSA) is 93.0 Å². The number of carbonyl (C=O) groups is 2. The molecule has 0 aliphatic carbocycles. The minimum Gasteiger partial charge on any atom is -0.379 e. The van der Waals surface area contributed by atoms with Crippen LogP contribution in [0.15, 0.2) is 46.5 Å². The normalized spacial score (nSPS) is 19.7. The molecule has 0 bridgehead atoms. The van der Waals surface area contributed by atoms with E-state index in [2.05, 4.69) is 10.5 Å². The largest absolute Gasteiger partial charge is 0.379 e. The quantitative estimate of drug-likeness (QED) is 0.775. The van der Waals surface area contributed by atoms with Gasteiger partial charge in [0.25, 0.3) is 17.4 Å². The summed E-state index contributed by atoms with van der Waals surface area (Å²) in [5.74, 6) is -0.525. The average Bonchev–Trinajstić information content (AvgIpc) is 3.16. The van der Waals surface area contributed by atoms with Crippen LogP contribution >= 0.6 is 0 Å². The number of nitrogens with zero attached hydrogens (tertiary/aromatic N) is 3. The number of hydrogen-bond acceptors (Lipinski definition) is 5. The zero-order chi connectivity index (χ0) is 22.9. The molecule has 8 heteroatoms. The average molecular weight is 437 g/mol. The summed E-state index contributed by atoms with van der Waals surface area (Å²) in [7, 11) is 1.52. The van der Waals surface area contributed by atoms with Crippen molar-refractivity contribution in [2.45, 2.75) is 51.8 Å². The number of amides is 2. The van der Waals surface area contributed by atoms with Gasteiger partial charge in [0.1, 0.15) is 5.56 Å². The maximum absolute atomic E-state index is 13.2. The molecule has 4 rings (SSSR count). The Balaban J connectivity index is 1.64. The highest BCUT2D eigenvalue weighted by molar-refractivity contribution is 5.96. The fourth-order valence-electron chi connectivity index (χ4n) is 4.48. The van der Waals surface area contributed by atoms with E-state index in [-0.39, 0.29) is 17.0 Å². The maximum Gasteiger partial charge on any atom is 0.270 e. The predicted molar refractivity (Wildman–Crippen MR) is 121 cm³/mol. The van der Waals surface area contributed by atoms with Crippen LogP contribution in [0.5, 0.6) is 0 Å². The van der Waals surface area contributed by atoms with E-state index in [1.54, 1.807) is 22.6 Å². The van der Waals surface area contributed by atoms with Gasteiger partial charge in [-0.2, -0.15) is 0 Å². The minimum absolute atomic E-state index is 0.132. The number of aromatic nitrogens is 1. The molecule has 8 nitrogen and oxygen atoms in total. The number of pyridine rings is 1. The number of aryl methyl sites for hydroxylation is 2. The van der Waals surface area contributed by atoms with Gasteiger partial charge in [-0.15, -0.1) is 0 Å². The zero-order valence-electron chi connectivity index (χ0n) is 18.7. The predicted octanol–water partition coefficient (Wildman–Crippen LogP) is 1.89. The van der Waals surface area contributed by atoms with Gasteiger partial charge in [0.15, 0.2) is 0 Å². The smallest absolute Gasteiger partial charge is 0.270 e. The van der Waals surface area contributed by atoms with E-state index in [1.165, 1.54) is 7.05 Å². The number of rotatable bonds is 5. The Hall–Kier alpha value is -3.42. The van der Waals surface area contributed by atoms with Crippen molar-refractivity contribution in [3.63, 3.8) is 0 Å². The van der Waals surface area contributed by atoms with Crippen molar-refractivity contribution in [1.29, 1.82) is 0 Å². The Morgan fingerprint density at radius 3 is 2.66 bits per heavy atom. The summed E-state index contributed by atoms with van der Waals surface area (Å²) in [5.41, 5.74) is 2.30. The van der Waals surface area contributed by atoms with Crippen molar-refractivity contribution in [2.75, 3.05) is 13.6 Å². The number of hydrogen-bond donors (Lipinski definition) is 1. The summed E-state index contributed by atoms with van der Waals surface area (Å²) >= 11 is 0. The van der Waals surface area contributed by atoms with Gasteiger partial charge in [0.05, 0.1) is 5.71 Å². The van der Waals surface area contributed by atoms with Crippen molar-refractivity contribution in [3.8, 4) is 0 Å².